The molecule has 0 atom stereocenters. The van der Waals surface area contributed by atoms with Crippen molar-refractivity contribution in [3.05, 3.63) is 0 Å². The molecule has 3 nitrogen and oxygen atoms in total. The lowest BCUT2D eigenvalue weighted by atomic mass is 10.00. The summed E-state index contributed by atoms with van der Waals surface area (Å²) in [6.45, 7) is 6.80. The lowest BCUT2D eigenvalue weighted by Gasteiger charge is -2.22. The highest BCUT2D eigenvalue weighted by Gasteiger charge is 2.16. The van der Waals surface area contributed by atoms with Gasteiger partial charge >= 0.3 is 0 Å². The van der Waals surface area contributed by atoms with E-state index >= 15 is 0 Å². The van der Waals surface area contributed by atoms with Crippen LogP contribution >= 0.6 is 0 Å². The number of hydrogen-bond acceptors (Lipinski definition) is 2. The molecular weight excluding hydrogens is 176 g/mol. The van der Waals surface area contributed by atoms with Crippen molar-refractivity contribution in [1.82, 2.24) is 4.90 Å². The molecular formula is C11H20N2O. The van der Waals surface area contributed by atoms with Gasteiger partial charge in [0.25, 0.3) is 0 Å². The van der Waals surface area contributed by atoms with E-state index < -0.39 is 0 Å². The first kappa shape index (κ1) is 13.0. The van der Waals surface area contributed by atoms with Crippen molar-refractivity contribution in [2.45, 2.75) is 39.2 Å². The van der Waals surface area contributed by atoms with Crippen molar-refractivity contribution in [2.75, 3.05) is 13.1 Å². The van der Waals surface area contributed by atoms with Gasteiger partial charge in [-0.05, 0) is 27.2 Å². The second-order valence-corrected chi connectivity index (χ2v) is 4.10. The minimum Gasteiger partial charge on any atom is -0.332 e. The fraction of sp³-hybridized carbons (Fsp3) is 0.727. The van der Waals surface area contributed by atoms with E-state index in [4.69, 9.17) is 12.2 Å². The monoisotopic (exact) mass is 196 g/mol. The normalized spacial score (nSPS) is 10.8. The molecule has 14 heavy (non-hydrogen) atoms. The van der Waals surface area contributed by atoms with Crippen LogP contribution in [0.3, 0.4) is 0 Å². The van der Waals surface area contributed by atoms with Crippen LogP contribution in [-0.4, -0.2) is 29.4 Å². The summed E-state index contributed by atoms with van der Waals surface area (Å²) in [5.41, 5.74) is 5.50. The van der Waals surface area contributed by atoms with Gasteiger partial charge in [-0.25, -0.2) is 0 Å². The van der Waals surface area contributed by atoms with Crippen LogP contribution < -0.4 is 5.73 Å². The Balaban J connectivity index is 4.00. The second kappa shape index (κ2) is 5.66. The third-order valence-electron chi connectivity index (χ3n) is 2.00. The van der Waals surface area contributed by atoms with Crippen LogP contribution in [0.5, 0.6) is 0 Å². The Morgan fingerprint density at radius 2 is 2.14 bits per heavy atom. The molecule has 0 bridgehead atoms. The molecule has 0 aromatic rings. The Hall–Kier alpha value is -1.01. The summed E-state index contributed by atoms with van der Waals surface area (Å²) < 4.78 is 0. The highest BCUT2D eigenvalue weighted by atomic mass is 16.2. The highest BCUT2D eigenvalue weighted by Crippen LogP contribution is 2.08. The van der Waals surface area contributed by atoms with Gasteiger partial charge in [-0.3, -0.25) is 4.79 Å². The summed E-state index contributed by atoms with van der Waals surface area (Å²) in [4.78, 5) is 13.2. The zero-order valence-corrected chi connectivity index (χ0v) is 9.34. The number of hydrogen-bond donors (Lipinski definition) is 1. The summed E-state index contributed by atoms with van der Waals surface area (Å²) in [6, 6.07) is 0. The van der Waals surface area contributed by atoms with Crippen LogP contribution in [0.15, 0.2) is 0 Å². The smallest absolute Gasteiger partial charge is 0.223 e. The van der Waals surface area contributed by atoms with Gasteiger partial charge in [0.15, 0.2) is 0 Å². The topological polar surface area (TPSA) is 46.3 Å². The van der Waals surface area contributed by atoms with Gasteiger partial charge in [0.2, 0.25) is 5.91 Å². The Morgan fingerprint density at radius 3 is 2.50 bits per heavy atom. The average Bonchev–Trinajstić information content (AvgIpc) is 2.09. The first-order valence-electron chi connectivity index (χ1n) is 4.91. The summed E-state index contributed by atoms with van der Waals surface area (Å²) in [5.74, 6) is 2.56. The largest absolute Gasteiger partial charge is 0.332 e. The molecule has 0 aromatic heterocycles. The fourth-order valence-electron chi connectivity index (χ4n) is 1.07. The van der Waals surface area contributed by atoms with Crippen molar-refractivity contribution in [3.63, 3.8) is 0 Å². The Kier molecular flexibility index (Phi) is 5.26. The zero-order valence-electron chi connectivity index (χ0n) is 9.34. The number of amides is 1. The molecule has 0 radical (unpaired) electrons. The summed E-state index contributed by atoms with van der Waals surface area (Å²) in [7, 11) is 0. The molecule has 0 fully saturated rings. The SMILES string of the molecule is C#CCN(CC)C(=O)CCC(C)(C)N. The minimum atomic E-state index is -0.286. The maximum Gasteiger partial charge on any atom is 0.223 e. The molecule has 0 aliphatic heterocycles. The van der Waals surface area contributed by atoms with E-state index in [-0.39, 0.29) is 11.4 Å². The van der Waals surface area contributed by atoms with Gasteiger partial charge in [-0.2, -0.15) is 0 Å². The standard InChI is InChI=1S/C11H20N2O/c1-5-9-13(6-2)10(14)7-8-11(3,4)12/h1H,6-9,12H2,2-4H3. The minimum absolute atomic E-state index is 0.0870. The first-order valence-corrected chi connectivity index (χ1v) is 4.91. The van der Waals surface area contributed by atoms with Crippen molar-refractivity contribution >= 4 is 5.91 Å². The summed E-state index contributed by atoms with van der Waals surface area (Å²) >= 11 is 0. The second-order valence-electron chi connectivity index (χ2n) is 4.10. The Labute approximate surface area is 86.6 Å². The van der Waals surface area contributed by atoms with Crippen LogP contribution in [0.1, 0.15) is 33.6 Å². The molecule has 0 saturated heterocycles. The molecule has 2 N–H and O–H groups in total. The molecule has 0 saturated carbocycles. The molecule has 0 unspecified atom stereocenters. The molecule has 1 amide bonds. The van der Waals surface area contributed by atoms with Crippen LogP contribution in [0, 0.1) is 12.3 Å². The number of nitrogens with zero attached hydrogens (tertiary/aromatic N) is 1. The third-order valence-corrected chi connectivity index (χ3v) is 2.00. The number of terminal acetylenes is 1. The van der Waals surface area contributed by atoms with E-state index in [0.29, 0.717) is 25.9 Å². The van der Waals surface area contributed by atoms with Crippen LogP contribution in [0.25, 0.3) is 0 Å². The Bertz CT molecular complexity index is 222. The fourth-order valence-corrected chi connectivity index (χ4v) is 1.07. The lowest BCUT2D eigenvalue weighted by Crippen LogP contribution is -2.36. The van der Waals surface area contributed by atoms with E-state index in [9.17, 15) is 4.79 Å². The maximum absolute atomic E-state index is 11.6. The first-order chi connectivity index (χ1) is 6.40. The molecule has 0 aromatic carbocycles. The molecule has 3 heteroatoms. The number of carbonyl (C=O) groups excluding carboxylic acids is 1. The average molecular weight is 196 g/mol. The van der Waals surface area contributed by atoms with Crippen molar-refractivity contribution < 1.29 is 4.79 Å². The molecule has 0 aliphatic rings. The van der Waals surface area contributed by atoms with Crippen LogP contribution in [0.2, 0.25) is 0 Å². The quantitative estimate of drug-likeness (QED) is 0.666. The van der Waals surface area contributed by atoms with Gasteiger partial charge in [0.1, 0.15) is 0 Å². The maximum atomic E-state index is 11.6. The number of nitrogens with two attached hydrogens (primary N) is 1. The van der Waals surface area contributed by atoms with E-state index in [0.717, 1.165) is 0 Å². The van der Waals surface area contributed by atoms with Crippen LogP contribution in [-0.2, 0) is 4.79 Å². The predicted molar refractivity (Wildman–Crippen MR) is 58.6 cm³/mol. The molecule has 80 valence electrons. The molecule has 0 aliphatic carbocycles. The predicted octanol–water partition coefficient (Wildman–Crippen LogP) is 0.986. The van der Waals surface area contributed by atoms with E-state index in [2.05, 4.69) is 5.92 Å². The van der Waals surface area contributed by atoms with Gasteiger partial charge < -0.3 is 10.6 Å². The van der Waals surface area contributed by atoms with E-state index in [1.165, 1.54) is 0 Å². The lowest BCUT2D eigenvalue weighted by molar-refractivity contribution is -0.130. The highest BCUT2D eigenvalue weighted by molar-refractivity contribution is 5.76. The molecule has 0 rings (SSSR count). The molecule has 0 heterocycles. The zero-order chi connectivity index (χ0) is 11.2. The van der Waals surface area contributed by atoms with Gasteiger partial charge in [0, 0.05) is 18.5 Å². The van der Waals surface area contributed by atoms with E-state index in [1.807, 2.05) is 20.8 Å². The summed E-state index contributed by atoms with van der Waals surface area (Å²) in [6.07, 6.45) is 6.31. The Morgan fingerprint density at radius 1 is 1.57 bits per heavy atom. The van der Waals surface area contributed by atoms with Crippen molar-refractivity contribution in [1.29, 1.82) is 0 Å². The number of rotatable bonds is 5. The molecule has 0 spiro atoms. The van der Waals surface area contributed by atoms with E-state index in [1.54, 1.807) is 4.90 Å². The van der Waals surface area contributed by atoms with Crippen molar-refractivity contribution in [2.24, 2.45) is 5.73 Å². The van der Waals surface area contributed by atoms with Crippen LogP contribution in [0.4, 0.5) is 0 Å². The third kappa shape index (κ3) is 5.60. The van der Waals surface area contributed by atoms with Gasteiger partial charge in [-0.1, -0.05) is 5.92 Å². The summed E-state index contributed by atoms with van der Waals surface area (Å²) in [5, 5.41) is 0. The van der Waals surface area contributed by atoms with Gasteiger partial charge in [0.05, 0.1) is 6.54 Å². The van der Waals surface area contributed by atoms with Gasteiger partial charge in [-0.15, -0.1) is 6.42 Å². The van der Waals surface area contributed by atoms with Crippen molar-refractivity contribution in [3.8, 4) is 12.3 Å². The number of carbonyl (C=O) groups is 1.